The number of hydrogen-bond donors (Lipinski definition) is 1. The van der Waals surface area contributed by atoms with Crippen molar-refractivity contribution in [3.05, 3.63) is 64.1 Å². The van der Waals surface area contributed by atoms with Crippen molar-refractivity contribution in [3.8, 4) is 0 Å². The second-order valence-electron chi connectivity index (χ2n) is 8.92. The molecule has 1 atom stereocenters. The summed E-state index contributed by atoms with van der Waals surface area (Å²) in [6, 6.07) is 7.98. The van der Waals surface area contributed by atoms with E-state index in [1.165, 1.54) is 18.2 Å². The van der Waals surface area contributed by atoms with Gasteiger partial charge in [-0.05, 0) is 68.0 Å². The number of rotatable bonds is 13. The number of halogens is 2. The highest BCUT2D eigenvalue weighted by molar-refractivity contribution is 6.30. The van der Waals surface area contributed by atoms with Crippen LogP contribution >= 0.6 is 11.6 Å². The molecule has 1 aromatic heterocycles. The number of benzene rings is 2. The Morgan fingerprint density at radius 2 is 2.00 bits per heavy atom. The van der Waals surface area contributed by atoms with Crippen LogP contribution in [-0.4, -0.2) is 41.7 Å². The van der Waals surface area contributed by atoms with Crippen molar-refractivity contribution in [3.63, 3.8) is 0 Å². The minimum atomic E-state index is -0.571. The van der Waals surface area contributed by atoms with Crippen LogP contribution in [0.5, 0.6) is 0 Å². The van der Waals surface area contributed by atoms with Crippen molar-refractivity contribution in [1.82, 2.24) is 15.1 Å². The number of nitrogens with zero attached hydrogens (tertiary/aromatic N) is 2. The highest BCUT2D eigenvalue weighted by Crippen LogP contribution is 2.23. The Kier molecular flexibility index (Phi) is 9.81. The molecule has 8 heteroatoms. The van der Waals surface area contributed by atoms with Crippen LogP contribution in [0.3, 0.4) is 0 Å². The zero-order valence-corrected chi connectivity index (χ0v) is 21.3. The number of amides is 1. The lowest BCUT2D eigenvalue weighted by Crippen LogP contribution is -2.27. The topological polar surface area (TPSA) is 73.2 Å². The second-order valence-corrected chi connectivity index (χ2v) is 9.36. The summed E-state index contributed by atoms with van der Waals surface area (Å²) in [7, 11) is 1.60. The van der Waals surface area contributed by atoms with Gasteiger partial charge >= 0.3 is 0 Å². The Balaban J connectivity index is 1.63. The molecule has 1 heterocycles. The summed E-state index contributed by atoms with van der Waals surface area (Å²) in [5, 5.41) is 8.77. The first kappa shape index (κ1) is 26.8. The normalized spacial score (nSPS) is 12.1. The van der Waals surface area contributed by atoms with E-state index >= 15 is 0 Å². The van der Waals surface area contributed by atoms with E-state index in [2.05, 4.69) is 12.2 Å². The summed E-state index contributed by atoms with van der Waals surface area (Å²) in [5.74, 6) is -0.557. The molecule has 0 spiro atoms. The van der Waals surface area contributed by atoms with Crippen molar-refractivity contribution < 1.29 is 18.7 Å². The third-order valence-electron chi connectivity index (χ3n) is 6.12. The number of carbonyl (C=O) groups excluding carboxylic acids is 2. The molecule has 188 valence electrons. The Labute approximate surface area is 210 Å². The monoisotopic (exact) mass is 501 g/mol. The van der Waals surface area contributed by atoms with E-state index in [1.54, 1.807) is 7.11 Å². The van der Waals surface area contributed by atoms with Gasteiger partial charge in [0.25, 0.3) is 5.91 Å². The predicted molar refractivity (Wildman–Crippen MR) is 137 cm³/mol. The Hall–Kier alpha value is -2.77. The summed E-state index contributed by atoms with van der Waals surface area (Å²) in [4.78, 5) is 25.0. The molecule has 1 N–H and O–H groups in total. The molecule has 0 bridgehead atoms. The minimum Gasteiger partial charge on any atom is -0.383 e. The van der Waals surface area contributed by atoms with Gasteiger partial charge in [0.15, 0.2) is 5.78 Å². The average molecular weight is 502 g/mol. The summed E-state index contributed by atoms with van der Waals surface area (Å²) in [6.07, 6.45) is 5.81. The summed E-state index contributed by atoms with van der Waals surface area (Å²) < 4.78 is 21.0. The third-order valence-corrected chi connectivity index (χ3v) is 6.36. The Bertz CT molecular complexity index is 1180. The SMILES string of the molecule is CCCC(CCCC(=O)c1ccc(Cl)cc1F)Cn1cc2cc(C(=O)NCCOC)c(C)cc2n1. The fraction of sp³-hybridized carbons (Fsp3) is 0.444. The van der Waals surface area contributed by atoms with Gasteiger partial charge < -0.3 is 10.1 Å². The van der Waals surface area contributed by atoms with E-state index in [1.807, 2.05) is 29.9 Å². The predicted octanol–water partition coefficient (Wildman–Crippen LogP) is 5.98. The van der Waals surface area contributed by atoms with Gasteiger partial charge in [-0.1, -0.05) is 24.9 Å². The number of fused-ring (bicyclic) bond motifs is 1. The first-order chi connectivity index (χ1) is 16.8. The quantitative estimate of drug-likeness (QED) is 0.231. The fourth-order valence-corrected chi connectivity index (χ4v) is 4.49. The molecule has 6 nitrogen and oxygen atoms in total. The van der Waals surface area contributed by atoms with Gasteiger partial charge in [-0.2, -0.15) is 5.10 Å². The van der Waals surface area contributed by atoms with Gasteiger partial charge in [0, 0.05) is 48.8 Å². The van der Waals surface area contributed by atoms with E-state index in [9.17, 15) is 14.0 Å². The summed E-state index contributed by atoms with van der Waals surface area (Å²) >= 11 is 5.78. The number of Topliss-reactive ketones (excluding diaryl/α,β-unsaturated/α-hetero) is 1. The minimum absolute atomic E-state index is 0.0946. The second kappa shape index (κ2) is 12.8. The largest absolute Gasteiger partial charge is 0.383 e. The molecule has 0 aliphatic heterocycles. The molecule has 0 fully saturated rings. The van der Waals surface area contributed by atoms with Gasteiger partial charge in [0.1, 0.15) is 5.82 Å². The zero-order valence-electron chi connectivity index (χ0n) is 20.6. The van der Waals surface area contributed by atoms with Crippen LogP contribution in [0.1, 0.15) is 65.3 Å². The van der Waals surface area contributed by atoms with Crippen LogP contribution in [-0.2, 0) is 11.3 Å². The van der Waals surface area contributed by atoms with Crippen LogP contribution < -0.4 is 5.32 Å². The molecule has 0 saturated carbocycles. The number of aromatic nitrogens is 2. The molecule has 0 aliphatic rings. The fourth-order valence-electron chi connectivity index (χ4n) is 4.33. The summed E-state index contributed by atoms with van der Waals surface area (Å²) in [5.41, 5.74) is 2.44. The molecule has 3 aromatic rings. The highest BCUT2D eigenvalue weighted by Gasteiger charge is 2.16. The van der Waals surface area contributed by atoms with Gasteiger partial charge in [-0.25, -0.2) is 4.39 Å². The standard InChI is InChI=1S/C27H33ClFN3O3/c1-4-6-19(7-5-8-26(33)22-10-9-21(28)15-24(22)29)16-32-17-20-14-23(18(2)13-25(20)31-32)27(34)30-11-12-35-3/h9-10,13-15,17,19H,4-8,11-12,16H2,1-3H3,(H,30,34). The smallest absolute Gasteiger partial charge is 0.251 e. The van der Waals surface area contributed by atoms with Gasteiger partial charge in [0.2, 0.25) is 0 Å². The van der Waals surface area contributed by atoms with Crippen LogP contribution in [0.2, 0.25) is 5.02 Å². The molecule has 0 aliphatic carbocycles. The number of hydrogen-bond acceptors (Lipinski definition) is 4. The van der Waals surface area contributed by atoms with Crippen LogP contribution in [0.25, 0.3) is 10.9 Å². The van der Waals surface area contributed by atoms with Crippen molar-refractivity contribution in [2.24, 2.45) is 5.92 Å². The zero-order chi connectivity index (χ0) is 25.4. The molecular weight excluding hydrogens is 469 g/mol. The maximum absolute atomic E-state index is 14.0. The Morgan fingerprint density at radius 3 is 2.71 bits per heavy atom. The molecule has 2 aromatic carbocycles. The van der Waals surface area contributed by atoms with E-state index in [-0.39, 0.29) is 22.3 Å². The summed E-state index contributed by atoms with van der Waals surface area (Å²) in [6.45, 7) is 5.69. The molecule has 1 unspecified atom stereocenters. The van der Waals surface area contributed by atoms with Crippen molar-refractivity contribution in [2.75, 3.05) is 20.3 Å². The lowest BCUT2D eigenvalue weighted by molar-refractivity contribution is 0.0935. The van der Waals surface area contributed by atoms with Crippen LogP contribution in [0, 0.1) is 18.7 Å². The number of carbonyl (C=O) groups is 2. The number of aryl methyl sites for hydroxylation is 1. The van der Waals surface area contributed by atoms with Gasteiger partial charge in [-0.15, -0.1) is 0 Å². The van der Waals surface area contributed by atoms with Crippen molar-refractivity contribution >= 4 is 34.2 Å². The number of nitrogens with one attached hydrogen (secondary N) is 1. The van der Waals surface area contributed by atoms with E-state index < -0.39 is 5.82 Å². The molecule has 35 heavy (non-hydrogen) atoms. The molecule has 1 amide bonds. The van der Waals surface area contributed by atoms with Gasteiger partial charge in [-0.3, -0.25) is 14.3 Å². The van der Waals surface area contributed by atoms with E-state index in [4.69, 9.17) is 21.4 Å². The van der Waals surface area contributed by atoms with E-state index in [0.717, 1.165) is 42.3 Å². The van der Waals surface area contributed by atoms with Crippen molar-refractivity contribution in [2.45, 2.75) is 52.5 Å². The maximum Gasteiger partial charge on any atom is 0.251 e. The lowest BCUT2D eigenvalue weighted by Gasteiger charge is -2.16. The van der Waals surface area contributed by atoms with E-state index in [0.29, 0.717) is 37.5 Å². The average Bonchev–Trinajstić information content (AvgIpc) is 3.19. The third kappa shape index (κ3) is 7.36. The first-order valence-corrected chi connectivity index (χ1v) is 12.4. The highest BCUT2D eigenvalue weighted by atomic mass is 35.5. The number of methoxy groups -OCH3 is 1. The Morgan fingerprint density at radius 1 is 1.20 bits per heavy atom. The number of ketones is 1. The van der Waals surface area contributed by atoms with Crippen LogP contribution in [0.15, 0.2) is 36.5 Å². The molecule has 0 radical (unpaired) electrons. The first-order valence-electron chi connectivity index (χ1n) is 12.1. The number of ether oxygens (including phenoxy) is 1. The van der Waals surface area contributed by atoms with Crippen molar-refractivity contribution in [1.29, 1.82) is 0 Å². The molecular formula is C27H33ClFN3O3. The van der Waals surface area contributed by atoms with Gasteiger partial charge in [0.05, 0.1) is 17.7 Å². The lowest BCUT2D eigenvalue weighted by atomic mass is 9.95. The van der Waals surface area contributed by atoms with Crippen LogP contribution in [0.4, 0.5) is 4.39 Å². The molecule has 3 rings (SSSR count). The maximum atomic E-state index is 14.0. The molecule has 0 saturated heterocycles.